The molecule has 0 spiro atoms. The molecule has 116 valence electrons. The van der Waals surface area contributed by atoms with E-state index in [2.05, 4.69) is 4.72 Å². The van der Waals surface area contributed by atoms with Gasteiger partial charge in [0.1, 0.15) is 6.10 Å². The second kappa shape index (κ2) is 6.91. The summed E-state index contributed by atoms with van der Waals surface area (Å²) < 4.78 is 30.8. The Bertz CT molecular complexity index is 574. The SMILES string of the molecule is CCCS(=O)(=O)NCCC1CN(c2ccccc2)C(=O)O1. The summed E-state index contributed by atoms with van der Waals surface area (Å²) in [6.07, 6.45) is 0.373. The Morgan fingerprint density at radius 2 is 2.05 bits per heavy atom. The highest BCUT2D eigenvalue weighted by Crippen LogP contribution is 2.22. The summed E-state index contributed by atoms with van der Waals surface area (Å²) in [5.41, 5.74) is 0.788. The van der Waals surface area contributed by atoms with E-state index in [-0.39, 0.29) is 24.5 Å². The number of carbonyl (C=O) groups is 1. The lowest BCUT2D eigenvalue weighted by molar-refractivity contribution is 0.137. The minimum atomic E-state index is -3.21. The summed E-state index contributed by atoms with van der Waals surface area (Å²) in [5.74, 6) is 0.119. The summed E-state index contributed by atoms with van der Waals surface area (Å²) in [5, 5.41) is 0. The fourth-order valence-electron chi connectivity index (χ4n) is 2.21. The number of anilines is 1. The number of benzene rings is 1. The zero-order valence-corrected chi connectivity index (χ0v) is 12.8. The second-order valence-corrected chi connectivity index (χ2v) is 6.88. The molecular formula is C14H20N2O4S. The van der Waals surface area contributed by atoms with Gasteiger partial charge in [-0.05, 0) is 25.0 Å². The average Bonchev–Trinajstić information content (AvgIpc) is 2.80. The number of hydrogen-bond donors (Lipinski definition) is 1. The van der Waals surface area contributed by atoms with Crippen molar-refractivity contribution in [1.82, 2.24) is 4.72 Å². The molecule has 1 atom stereocenters. The molecule has 0 aliphatic carbocycles. The maximum absolute atomic E-state index is 11.8. The van der Waals surface area contributed by atoms with Gasteiger partial charge in [0.2, 0.25) is 10.0 Å². The van der Waals surface area contributed by atoms with Crippen molar-refractivity contribution >= 4 is 21.8 Å². The Hall–Kier alpha value is -1.60. The maximum atomic E-state index is 11.8. The zero-order valence-electron chi connectivity index (χ0n) is 12.0. The van der Waals surface area contributed by atoms with Crippen LogP contribution >= 0.6 is 0 Å². The van der Waals surface area contributed by atoms with E-state index in [4.69, 9.17) is 4.74 Å². The number of rotatable bonds is 7. The molecule has 1 saturated heterocycles. The van der Waals surface area contributed by atoms with Crippen LogP contribution in [0.15, 0.2) is 30.3 Å². The van der Waals surface area contributed by atoms with Crippen LogP contribution in [0.5, 0.6) is 0 Å². The first kappa shape index (κ1) is 15.8. The number of para-hydroxylation sites is 1. The number of carbonyl (C=O) groups excluding carboxylic acids is 1. The molecule has 1 heterocycles. The smallest absolute Gasteiger partial charge is 0.414 e. The molecule has 0 bridgehead atoms. The van der Waals surface area contributed by atoms with Crippen molar-refractivity contribution in [2.24, 2.45) is 0 Å². The maximum Gasteiger partial charge on any atom is 0.414 e. The largest absolute Gasteiger partial charge is 0.444 e. The monoisotopic (exact) mass is 312 g/mol. The molecule has 1 fully saturated rings. The molecule has 6 nitrogen and oxygen atoms in total. The van der Waals surface area contributed by atoms with Crippen LogP contribution in [0.3, 0.4) is 0 Å². The van der Waals surface area contributed by atoms with Crippen LogP contribution in [-0.2, 0) is 14.8 Å². The molecule has 0 saturated carbocycles. The first-order valence-corrected chi connectivity index (χ1v) is 8.67. The lowest BCUT2D eigenvalue weighted by Gasteiger charge is -2.12. The molecule has 0 aromatic heterocycles. The molecule has 7 heteroatoms. The van der Waals surface area contributed by atoms with E-state index in [9.17, 15) is 13.2 Å². The lowest BCUT2D eigenvalue weighted by atomic mass is 10.2. The fourth-order valence-corrected chi connectivity index (χ4v) is 3.32. The van der Waals surface area contributed by atoms with E-state index in [0.29, 0.717) is 19.4 Å². The number of nitrogens with zero attached hydrogens (tertiary/aromatic N) is 1. The second-order valence-electron chi connectivity index (χ2n) is 4.95. The number of ether oxygens (including phenoxy) is 1. The van der Waals surface area contributed by atoms with Crippen molar-refractivity contribution in [2.45, 2.75) is 25.9 Å². The van der Waals surface area contributed by atoms with Gasteiger partial charge in [0.25, 0.3) is 0 Å². The van der Waals surface area contributed by atoms with Crippen molar-refractivity contribution in [3.63, 3.8) is 0 Å². The minimum absolute atomic E-state index is 0.119. The summed E-state index contributed by atoms with van der Waals surface area (Å²) in [6, 6.07) is 9.27. The van der Waals surface area contributed by atoms with Crippen molar-refractivity contribution in [3.8, 4) is 0 Å². The highest BCUT2D eigenvalue weighted by atomic mass is 32.2. The summed E-state index contributed by atoms with van der Waals surface area (Å²) in [4.78, 5) is 13.4. The molecule has 1 aliphatic rings. The zero-order chi connectivity index (χ0) is 15.3. The Morgan fingerprint density at radius 3 is 2.71 bits per heavy atom. The Kier molecular flexibility index (Phi) is 5.19. The molecule has 1 aromatic carbocycles. The van der Waals surface area contributed by atoms with E-state index < -0.39 is 10.0 Å². The molecule has 1 aromatic rings. The first-order valence-electron chi connectivity index (χ1n) is 7.02. The van der Waals surface area contributed by atoms with Gasteiger partial charge in [-0.2, -0.15) is 0 Å². The van der Waals surface area contributed by atoms with E-state index >= 15 is 0 Å². The van der Waals surface area contributed by atoms with Gasteiger partial charge in [0.15, 0.2) is 0 Å². The van der Waals surface area contributed by atoms with Crippen LogP contribution in [0.1, 0.15) is 19.8 Å². The topological polar surface area (TPSA) is 75.7 Å². The third-order valence-electron chi connectivity index (χ3n) is 3.20. The van der Waals surface area contributed by atoms with Crippen LogP contribution in [-0.4, -0.2) is 39.5 Å². The Morgan fingerprint density at radius 1 is 1.33 bits per heavy atom. The Labute approximate surface area is 125 Å². The molecule has 1 unspecified atom stereocenters. The van der Waals surface area contributed by atoms with Crippen LogP contribution in [0.25, 0.3) is 0 Å². The first-order chi connectivity index (χ1) is 10.0. The van der Waals surface area contributed by atoms with E-state index in [1.807, 2.05) is 37.3 Å². The van der Waals surface area contributed by atoms with Gasteiger partial charge in [-0.25, -0.2) is 17.9 Å². The third-order valence-corrected chi connectivity index (χ3v) is 4.79. The standard InChI is InChI=1S/C14H20N2O4S/c1-2-10-21(18,19)15-9-8-13-11-16(14(17)20-13)12-6-4-3-5-7-12/h3-7,13,15H,2,8-11H2,1H3. The molecule has 0 radical (unpaired) electrons. The highest BCUT2D eigenvalue weighted by Gasteiger charge is 2.31. The fraction of sp³-hybridized carbons (Fsp3) is 0.500. The minimum Gasteiger partial charge on any atom is -0.444 e. The number of amides is 1. The summed E-state index contributed by atoms with van der Waals surface area (Å²) in [6.45, 7) is 2.54. The predicted molar refractivity (Wildman–Crippen MR) is 80.8 cm³/mol. The molecule has 21 heavy (non-hydrogen) atoms. The van der Waals surface area contributed by atoms with Gasteiger partial charge in [-0.15, -0.1) is 0 Å². The average molecular weight is 312 g/mol. The van der Waals surface area contributed by atoms with Crippen LogP contribution in [0.2, 0.25) is 0 Å². The number of cyclic esters (lactones) is 1. The van der Waals surface area contributed by atoms with E-state index in [1.54, 1.807) is 4.90 Å². The third kappa shape index (κ3) is 4.44. The van der Waals surface area contributed by atoms with Crippen LogP contribution < -0.4 is 9.62 Å². The summed E-state index contributed by atoms with van der Waals surface area (Å²) >= 11 is 0. The quantitative estimate of drug-likeness (QED) is 0.832. The van der Waals surface area contributed by atoms with Gasteiger partial charge in [-0.1, -0.05) is 25.1 Å². The van der Waals surface area contributed by atoms with Crippen molar-refractivity contribution in [2.75, 3.05) is 23.7 Å². The van der Waals surface area contributed by atoms with Crippen LogP contribution in [0.4, 0.5) is 10.5 Å². The highest BCUT2D eigenvalue weighted by molar-refractivity contribution is 7.89. The van der Waals surface area contributed by atoms with Crippen molar-refractivity contribution in [3.05, 3.63) is 30.3 Å². The van der Waals surface area contributed by atoms with Gasteiger partial charge in [0.05, 0.1) is 12.3 Å². The van der Waals surface area contributed by atoms with E-state index in [1.165, 1.54) is 0 Å². The lowest BCUT2D eigenvalue weighted by Crippen LogP contribution is -2.30. The predicted octanol–water partition coefficient (Wildman–Crippen LogP) is 1.73. The van der Waals surface area contributed by atoms with Crippen molar-refractivity contribution < 1.29 is 17.9 Å². The molecule has 1 N–H and O–H groups in total. The molecule has 1 amide bonds. The van der Waals surface area contributed by atoms with Crippen molar-refractivity contribution in [1.29, 1.82) is 0 Å². The molecule has 1 aliphatic heterocycles. The van der Waals surface area contributed by atoms with Gasteiger partial charge < -0.3 is 4.74 Å². The molecule has 2 rings (SSSR count). The molecular weight excluding hydrogens is 292 g/mol. The Balaban J connectivity index is 1.84. The van der Waals surface area contributed by atoms with Gasteiger partial charge in [0, 0.05) is 12.2 Å². The number of sulfonamides is 1. The van der Waals surface area contributed by atoms with E-state index in [0.717, 1.165) is 5.69 Å². The normalized spacial score (nSPS) is 18.8. The van der Waals surface area contributed by atoms with Gasteiger partial charge in [-0.3, -0.25) is 4.90 Å². The van der Waals surface area contributed by atoms with Crippen LogP contribution in [0, 0.1) is 0 Å². The van der Waals surface area contributed by atoms with Gasteiger partial charge >= 0.3 is 6.09 Å². The number of hydrogen-bond acceptors (Lipinski definition) is 4. The summed E-state index contributed by atoms with van der Waals surface area (Å²) in [7, 11) is -3.21. The number of nitrogens with one attached hydrogen (secondary N) is 1.